The number of sulfonamides is 1. The van der Waals surface area contributed by atoms with Gasteiger partial charge in [0.1, 0.15) is 11.5 Å². The summed E-state index contributed by atoms with van der Waals surface area (Å²) < 4.78 is 38.9. The molecule has 1 aliphatic rings. The molecule has 1 aliphatic heterocycles. The van der Waals surface area contributed by atoms with E-state index in [9.17, 15) is 18.0 Å². The van der Waals surface area contributed by atoms with Gasteiger partial charge in [-0.15, -0.1) is 0 Å². The summed E-state index contributed by atoms with van der Waals surface area (Å²) in [5, 5.41) is 2.88. The maximum Gasteiger partial charge on any atom is 0.262 e. The zero-order valence-electron chi connectivity index (χ0n) is 22.3. The van der Waals surface area contributed by atoms with Crippen LogP contribution in [0.4, 0.5) is 5.69 Å². The molecule has 0 bridgehead atoms. The van der Waals surface area contributed by atoms with E-state index in [0.717, 1.165) is 9.87 Å². The second-order valence-electron chi connectivity index (χ2n) is 9.23. The fourth-order valence-electron chi connectivity index (χ4n) is 4.34. The van der Waals surface area contributed by atoms with Crippen LogP contribution in [0.1, 0.15) is 18.1 Å². The molecule has 2 amide bonds. The number of aryl methyl sites for hydroxylation is 1. The lowest BCUT2D eigenvalue weighted by molar-refractivity contribution is -0.128. The maximum atomic E-state index is 13.4. The van der Waals surface area contributed by atoms with Crippen molar-refractivity contribution in [1.82, 2.24) is 9.62 Å². The van der Waals surface area contributed by atoms with Gasteiger partial charge >= 0.3 is 0 Å². The molecule has 10 heteroatoms. The minimum atomic E-state index is -3.95. The Labute approximate surface area is 229 Å². The highest BCUT2D eigenvalue weighted by Gasteiger charge is 2.35. The third kappa shape index (κ3) is 6.58. The van der Waals surface area contributed by atoms with Crippen LogP contribution >= 0.6 is 0 Å². The van der Waals surface area contributed by atoms with Crippen molar-refractivity contribution in [3.05, 3.63) is 83.9 Å². The number of anilines is 1. The third-order valence-corrected chi connectivity index (χ3v) is 8.23. The van der Waals surface area contributed by atoms with E-state index in [1.54, 1.807) is 37.3 Å². The van der Waals surface area contributed by atoms with Gasteiger partial charge in [-0.25, -0.2) is 8.42 Å². The topological polar surface area (TPSA) is 105 Å². The number of para-hydroxylation sites is 2. The van der Waals surface area contributed by atoms with Gasteiger partial charge in [-0.3, -0.25) is 9.59 Å². The predicted octanol–water partition coefficient (Wildman–Crippen LogP) is 3.17. The van der Waals surface area contributed by atoms with Crippen molar-refractivity contribution < 1.29 is 27.5 Å². The van der Waals surface area contributed by atoms with Crippen molar-refractivity contribution in [2.75, 3.05) is 38.2 Å². The molecule has 1 N–H and O–H groups in total. The van der Waals surface area contributed by atoms with Crippen molar-refractivity contribution in [3.8, 4) is 11.5 Å². The SMILES string of the molecule is CCOc1ccc(S(=O)(=O)N(C)CC(=O)N2C[C@H](C(=O)NCCc3ccccc3)Oc3ccccc32)cc1C. The van der Waals surface area contributed by atoms with Crippen LogP contribution in [-0.4, -0.2) is 63.9 Å². The second-order valence-corrected chi connectivity index (χ2v) is 11.3. The summed E-state index contributed by atoms with van der Waals surface area (Å²) in [6, 6.07) is 21.3. The summed E-state index contributed by atoms with van der Waals surface area (Å²) in [4.78, 5) is 27.9. The Morgan fingerprint density at radius 2 is 1.79 bits per heavy atom. The minimum absolute atomic E-state index is 0.0386. The number of rotatable bonds is 10. The molecule has 206 valence electrons. The Morgan fingerprint density at radius 1 is 1.08 bits per heavy atom. The van der Waals surface area contributed by atoms with Crippen molar-refractivity contribution >= 4 is 27.5 Å². The van der Waals surface area contributed by atoms with Gasteiger partial charge in [-0.2, -0.15) is 4.31 Å². The predicted molar refractivity (Wildman–Crippen MR) is 149 cm³/mol. The zero-order chi connectivity index (χ0) is 28.0. The molecular weight excluding hydrogens is 518 g/mol. The van der Waals surface area contributed by atoms with Gasteiger partial charge < -0.3 is 19.7 Å². The van der Waals surface area contributed by atoms with Crippen molar-refractivity contribution in [1.29, 1.82) is 0 Å². The summed E-state index contributed by atoms with van der Waals surface area (Å²) in [5.74, 6) is 0.173. The number of nitrogens with zero attached hydrogens (tertiary/aromatic N) is 2. The van der Waals surface area contributed by atoms with Gasteiger partial charge in [0.15, 0.2) is 6.10 Å². The highest BCUT2D eigenvalue weighted by atomic mass is 32.2. The first-order chi connectivity index (χ1) is 18.7. The summed E-state index contributed by atoms with van der Waals surface area (Å²) in [6.45, 7) is 4.06. The summed E-state index contributed by atoms with van der Waals surface area (Å²) in [5.41, 5.74) is 2.26. The highest BCUT2D eigenvalue weighted by Crippen LogP contribution is 2.33. The van der Waals surface area contributed by atoms with Crippen LogP contribution in [0.5, 0.6) is 11.5 Å². The average Bonchev–Trinajstić information content (AvgIpc) is 2.94. The molecule has 0 radical (unpaired) electrons. The van der Waals surface area contributed by atoms with Crippen molar-refractivity contribution in [2.45, 2.75) is 31.3 Å². The van der Waals surface area contributed by atoms with Crippen molar-refractivity contribution in [3.63, 3.8) is 0 Å². The smallest absolute Gasteiger partial charge is 0.262 e. The van der Waals surface area contributed by atoms with E-state index >= 15 is 0 Å². The van der Waals surface area contributed by atoms with E-state index in [0.29, 0.717) is 42.3 Å². The highest BCUT2D eigenvalue weighted by molar-refractivity contribution is 7.89. The average molecular weight is 552 g/mol. The lowest BCUT2D eigenvalue weighted by Gasteiger charge is -2.35. The Morgan fingerprint density at radius 3 is 2.51 bits per heavy atom. The summed E-state index contributed by atoms with van der Waals surface area (Å²) >= 11 is 0. The van der Waals surface area contributed by atoms with Gasteiger partial charge in [-0.05, 0) is 61.7 Å². The molecule has 0 unspecified atom stereocenters. The number of likely N-dealkylation sites (N-methyl/N-ethyl adjacent to an activating group) is 1. The maximum absolute atomic E-state index is 13.4. The molecule has 0 saturated carbocycles. The number of carbonyl (C=O) groups excluding carboxylic acids is 2. The van der Waals surface area contributed by atoms with Gasteiger partial charge in [-0.1, -0.05) is 42.5 Å². The van der Waals surface area contributed by atoms with Gasteiger partial charge in [0.2, 0.25) is 15.9 Å². The molecular formula is C29H33N3O6S. The Hall–Kier alpha value is -3.89. The zero-order valence-corrected chi connectivity index (χ0v) is 23.1. The van der Waals surface area contributed by atoms with E-state index in [1.807, 2.05) is 37.3 Å². The Kier molecular flexibility index (Phi) is 8.88. The number of hydrogen-bond donors (Lipinski definition) is 1. The van der Waals surface area contributed by atoms with E-state index in [-0.39, 0.29) is 17.3 Å². The van der Waals surface area contributed by atoms with Crippen LogP contribution in [0.2, 0.25) is 0 Å². The molecule has 39 heavy (non-hydrogen) atoms. The number of carbonyl (C=O) groups is 2. The van der Waals surface area contributed by atoms with Gasteiger partial charge in [0.05, 0.1) is 30.3 Å². The van der Waals surface area contributed by atoms with E-state index in [2.05, 4.69) is 5.32 Å². The lowest BCUT2D eigenvalue weighted by Crippen LogP contribution is -2.52. The first kappa shape index (κ1) is 28.1. The Bertz CT molecular complexity index is 1430. The number of benzene rings is 3. The largest absolute Gasteiger partial charge is 0.494 e. The van der Waals surface area contributed by atoms with Gasteiger partial charge in [0, 0.05) is 13.6 Å². The first-order valence-corrected chi connectivity index (χ1v) is 14.2. The quantitative estimate of drug-likeness (QED) is 0.415. The van der Waals surface area contributed by atoms with Crippen LogP contribution in [-0.2, 0) is 26.0 Å². The summed E-state index contributed by atoms with van der Waals surface area (Å²) in [6.07, 6.45) is -0.276. The molecule has 1 heterocycles. The minimum Gasteiger partial charge on any atom is -0.494 e. The van der Waals surface area contributed by atoms with Crippen LogP contribution < -0.4 is 19.7 Å². The molecule has 9 nitrogen and oxygen atoms in total. The number of ether oxygens (including phenoxy) is 2. The molecule has 3 aromatic carbocycles. The monoisotopic (exact) mass is 551 g/mol. The Balaban J connectivity index is 1.46. The van der Waals surface area contributed by atoms with Crippen molar-refractivity contribution in [2.24, 2.45) is 0 Å². The van der Waals surface area contributed by atoms with Crippen LogP contribution in [0, 0.1) is 6.92 Å². The lowest BCUT2D eigenvalue weighted by atomic mass is 10.1. The van der Waals surface area contributed by atoms with Crippen LogP contribution in [0.3, 0.4) is 0 Å². The summed E-state index contributed by atoms with van der Waals surface area (Å²) in [7, 11) is -2.59. The fraction of sp³-hybridized carbons (Fsp3) is 0.310. The first-order valence-electron chi connectivity index (χ1n) is 12.8. The number of fused-ring (bicyclic) bond motifs is 1. The van der Waals surface area contributed by atoms with E-state index in [1.165, 1.54) is 24.1 Å². The second kappa shape index (κ2) is 12.3. The van der Waals surface area contributed by atoms with Gasteiger partial charge in [0.25, 0.3) is 5.91 Å². The van der Waals surface area contributed by atoms with E-state index < -0.39 is 28.6 Å². The van der Waals surface area contributed by atoms with Crippen LogP contribution in [0.15, 0.2) is 77.7 Å². The van der Waals surface area contributed by atoms with Crippen LogP contribution in [0.25, 0.3) is 0 Å². The standard InChI is InChI=1S/C29H33N3O6S/c1-4-37-25-15-14-23(18-21(25)2)39(35,36)31(3)20-28(33)32-19-27(38-26-13-9-8-12-24(26)32)29(34)30-17-16-22-10-6-5-7-11-22/h5-15,18,27H,4,16-17,19-20H2,1-3H3,(H,30,34)/t27-/m1/s1. The molecule has 4 rings (SSSR count). The number of nitrogens with one attached hydrogen (secondary N) is 1. The molecule has 0 aromatic heterocycles. The fourth-order valence-corrected chi connectivity index (χ4v) is 5.54. The molecule has 1 atom stereocenters. The molecule has 3 aromatic rings. The number of hydrogen-bond acceptors (Lipinski definition) is 6. The third-order valence-electron chi connectivity index (χ3n) is 6.44. The van der Waals surface area contributed by atoms with E-state index in [4.69, 9.17) is 9.47 Å². The number of amides is 2. The molecule has 0 fully saturated rings. The normalized spacial score (nSPS) is 14.9. The molecule has 0 spiro atoms. The molecule has 0 aliphatic carbocycles. The molecule has 0 saturated heterocycles.